The molecule has 1 fully saturated rings. The number of rotatable bonds is 7. The van der Waals surface area contributed by atoms with Crippen LogP contribution < -0.4 is 10.4 Å². The summed E-state index contributed by atoms with van der Waals surface area (Å²) < 4.78 is 13.1. The molecular weight excluding hydrogens is 430 g/mol. The molecule has 0 amide bonds. The van der Waals surface area contributed by atoms with Gasteiger partial charge in [0.15, 0.2) is 0 Å². The maximum Gasteiger partial charge on any atom is 0.326 e. The minimum absolute atomic E-state index is 0.134. The number of aryl methyl sites for hydroxylation is 1. The molecule has 1 aromatic carbocycles. The summed E-state index contributed by atoms with van der Waals surface area (Å²) in [6.07, 6.45) is 4.80. The number of aromatic nitrogens is 4. The Hall–Kier alpha value is -3.23. The predicted molar refractivity (Wildman–Crippen MR) is 134 cm³/mol. The molecule has 0 saturated carbocycles. The quantitative estimate of drug-likeness (QED) is 0.423. The van der Waals surface area contributed by atoms with Crippen molar-refractivity contribution in [2.75, 3.05) is 40.5 Å². The molecule has 0 bridgehead atoms. The number of nitrogens with one attached hydrogen (secondary N) is 1. The first-order valence-electron chi connectivity index (χ1n) is 11.9. The summed E-state index contributed by atoms with van der Waals surface area (Å²) in [6.45, 7) is 3.05. The SMILES string of the molecule is CN(C)CCCOc1ccc(-c2ccc3nc([C@@H]4CCCOC4)c4c([nH]c(=O)n4C)c3c2)cn1. The monoisotopic (exact) mass is 461 g/mol. The first-order chi connectivity index (χ1) is 16.5. The van der Waals surface area contributed by atoms with E-state index in [9.17, 15) is 4.79 Å². The maximum atomic E-state index is 12.6. The standard InChI is InChI=1S/C26H31N5O3/c1-30(2)11-5-13-34-22-10-8-18(15-27-22)17-7-9-21-20(14-17)24-25(31(3)26(32)29-24)23(28-21)19-6-4-12-33-16-19/h7-10,14-15,19H,4-6,11-13,16H2,1-3H3,(H,29,32)/t19-/m1/s1. The number of aromatic amines is 1. The van der Waals surface area contributed by atoms with Gasteiger partial charge >= 0.3 is 5.69 Å². The highest BCUT2D eigenvalue weighted by molar-refractivity contribution is 6.04. The minimum atomic E-state index is -0.134. The number of fused-ring (bicyclic) bond motifs is 3. The third-order valence-corrected chi connectivity index (χ3v) is 6.47. The Kier molecular flexibility index (Phi) is 6.34. The largest absolute Gasteiger partial charge is 0.478 e. The Morgan fingerprint density at radius 3 is 2.82 bits per heavy atom. The van der Waals surface area contributed by atoms with Crippen LogP contribution in [0.25, 0.3) is 33.1 Å². The topological polar surface area (TPSA) is 85.3 Å². The number of ether oxygens (including phenoxy) is 2. The summed E-state index contributed by atoms with van der Waals surface area (Å²) in [7, 11) is 5.90. The van der Waals surface area contributed by atoms with Crippen molar-refractivity contribution >= 4 is 21.9 Å². The minimum Gasteiger partial charge on any atom is -0.478 e. The second-order valence-electron chi connectivity index (χ2n) is 9.25. The number of hydrogen-bond acceptors (Lipinski definition) is 6. The van der Waals surface area contributed by atoms with Crippen molar-refractivity contribution in [3.8, 4) is 17.0 Å². The van der Waals surface area contributed by atoms with Gasteiger partial charge in [-0.25, -0.2) is 9.78 Å². The Morgan fingerprint density at radius 2 is 2.09 bits per heavy atom. The molecule has 0 spiro atoms. The smallest absolute Gasteiger partial charge is 0.326 e. The van der Waals surface area contributed by atoms with E-state index in [-0.39, 0.29) is 11.6 Å². The molecule has 8 nitrogen and oxygen atoms in total. The number of H-pyrrole nitrogens is 1. The third kappa shape index (κ3) is 4.43. The average molecular weight is 462 g/mol. The predicted octanol–water partition coefficient (Wildman–Crippen LogP) is 3.70. The van der Waals surface area contributed by atoms with Crippen LogP contribution in [0.3, 0.4) is 0 Å². The van der Waals surface area contributed by atoms with Crippen LogP contribution in [0.4, 0.5) is 0 Å². The van der Waals surface area contributed by atoms with Crippen LogP contribution in [0.15, 0.2) is 41.3 Å². The van der Waals surface area contributed by atoms with Gasteiger partial charge in [0.05, 0.1) is 35.5 Å². The van der Waals surface area contributed by atoms with E-state index in [1.54, 1.807) is 11.6 Å². The van der Waals surface area contributed by atoms with Gasteiger partial charge in [-0.2, -0.15) is 0 Å². The van der Waals surface area contributed by atoms with Crippen LogP contribution in [0, 0.1) is 0 Å². The van der Waals surface area contributed by atoms with E-state index in [0.29, 0.717) is 19.1 Å². The molecule has 1 atom stereocenters. The fourth-order valence-electron chi connectivity index (χ4n) is 4.65. The second-order valence-corrected chi connectivity index (χ2v) is 9.25. The zero-order valence-electron chi connectivity index (χ0n) is 20.0. The highest BCUT2D eigenvalue weighted by atomic mass is 16.5. The van der Waals surface area contributed by atoms with Gasteiger partial charge in [-0.05, 0) is 57.1 Å². The Balaban J connectivity index is 1.48. The maximum absolute atomic E-state index is 12.6. The number of nitrogens with zero attached hydrogens (tertiary/aromatic N) is 4. The number of benzene rings is 1. The van der Waals surface area contributed by atoms with E-state index < -0.39 is 0 Å². The van der Waals surface area contributed by atoms with Crippen LogP contribution in [0.1, 0.15) is 30.9 Å². The van der Waals surface area contributed by atoms with Gasteiger partial charge in [-0.1, -0.05) is 6.07 Å². The van der Waals surface area contributed by atoms with Crippen molar-refractivity contribution < 1.29 is 9.47 Å². The van der Waals surface area contributed by atoms with E-state index in [2.05, 4.69) is 41.1 Å². The molecule has 8 heteroatoms. The number of imidazole rings is 1. The molecular formula is C26H31N5O3. The Morgan fingerprint density at radius 1 is 1.24 bits per heavy atom. The number of pyridine rings is 2. The number of hydrogen-bond donors (Lipinski definition) is 1. The average Bonchev–Trinajstić information content (AvgIpc) is 3.16. The van der Waals surface area contributed by atoms with Gasteiger partial charge < -0.3 is 19.4 Å². The molecule has 0 radical (unpaired) electrons. The molecule has 4 heterocycles. The molecule has 178 valence electrons. The third-order valence-electron chi connectivity index (χ3n) is 6.47. The summed E-state index contributed by atoms with van der Waals surface area (Å²) >= 11 is 0. The lowest BCUT2D eigenvalue weighted by Crippen LogP contribution is -2.19. The normalized spacial score (nSPS) is 16.5. The van der Waals surface area contributed by atoms with Crippen LogP contribution >= 0.6 is 0 Å². The van der Waals surface area contributed by atoms with Crippen molar-refractivity contribution in [3.05, 3.63) is 52.7 Å². The highest BCUT2D eigenvalue weighted by Crippen LogP contribution is 2.34. The zero-order chi connectivity index (χ0) is 23.7. The van der Waals surface area contributed by atoms with E-state index in [1.165, 1.54) is 0 Å². The van der Waals surface area contributed by atoms with E-state index >= 15 is 0 Å². The Bertz CT molecular complexity index is 1350. The molecule has 1 aliphatic rings. The van der Waals surface area contributed by atoms with Crippen molar-refractivity contribution in [1.82, 2.24) is 24.4 Å². The molecule has 4 aromatic rings. The van der Waals surface area contributed by atoms with Gasteiger partial charge in [0.25, 0.3) is 0 Å². The lowest BCUT2D eigenvalue weighted by atomic mass is 9.95. The lowest BCUT2D eigenvalue weighted by molar-refractivity contribution is 0.0797. The zero-order valence-corrected chi connectivity index (χ0v) is 20.0. The summed E-state index contributed by atoms with van der Waals surface area (Å²) in [5.74, 6) is 0.815. The van der Waals surface area contributed by atoms with Crippen LogP contribution in [-0.4, -0.2) is 64.9 Å². The van der Waals surface area contributed by atoms with E-state index in [1.807, 2.05) is 24.4 Å². The van der Waals surface area contributed by atoms with Gasteiger partial charge in [0, 0.05) is 49.3 Å². The molecule has 5 rings (SSSR count). The molecule has 0 aliphatic carbocycles. The van der Waals surface area contributed by atoms with Crippen molar-refractivity contribution in [1.29, 1.82) is 0 Å². The molecule has 0 unspecified atom stereocenters. The lowest BCUT2D eigenvalue weighted by Gasteiger charge is -2.23. The molecule has 3 aromatic heterocycles. The first kappa shape index (κ1) is 22.6. The van der Waals surface area contributed by atoms with Crippen molar-refractivity contribution in [2.24, 2.45) is 7.05 Å². The van der Waals surface area contributed by atoms with Crippen LogP contribution in [-0.2, 0) is 11.8 Å². The van der Waals surface area contributed by atoms with Crippen molar-refractivity contribution in [2.45, 2.75) is 25.2 Å². The van der Waals surface area contributed by atoms with Gasteiger partial charge in [-0.15, -0.1) is 0 Å². The molecule has 1 aliphatic heterocycles. The molecule has 1 saturated heterocycles. The van der Waals surface area contributed by atoms with Gasteiger partial charge in [0.2, 0.25) is 5.88 Å². The Labute approximate surface area is 198 Å². The van der Waals surface area contributed by atoms with Crippen LogP contribution in [0.2, 0.25) is 0 Å². The molecule has 34 heavy (non-hydrogen) atoms. The summed E-state index contributed by atoms with van der Waals surface area (Å²) in [4.78, 5) is 27.3. The summed E-state index contributed by atoms with van der Waals surface area (Å²) in [5.41, 5.74) is 5.36. The fourth-order valence-corrected chi connectivity index (χ4v) is 4.65. The summed E-state index contributed by atoms with van der Waals surface area (Å²) in [6, 6.07) is 10.1. The highest BCUT2D eigenvalue weighted by Gasteiger charge is 2.24. The first-order valence-corrected chi connectivity index (χ1v) is 11.9. The van der Waals surface area contributed by atoms with Crippen LogP contribution in [0.5, 0.6) is 5.88 Å². The summed E-state index contributed by atoms with van der Waals surface area (Å²) in [5, 5.41) is 0.926. The van der Waals surface area contributed by atoms with Crippen molar-refractivity contribution in [3.63, 3.8) is 0 Å². The fraction of sp³-hybridized carbons (Fsp3) is 0.423. The van der Waals surface area contributed by atoms with Gasteiger partial charge in [-0.3, -0.25) is 9.55 Å². The second kappa shape index (κ2) is 9.56. The molecule has 1 N–H and O–H groups in total. The van der Waals surface area contributed by atoms with E-state index in [4.69, 9.17) is 14.5 Å². The van der Waals surface area contributed by atoms with Gasteiger partial charge in [0.1, 0.15) is 0 Å². The van der Waals surface area contributed by atoms with E-state index in [0.717, 1.165) is 71.2 Å².